The molecule has 2 aromatic carbocycles. The lowest BCUT2D eigenvalue weighted by Gasteiger charge is -2.12. The van der Waals surface area contributed by atoms with Crippen molar-refractivity contribution in [3.05, 3.63) is 64.7 Å². The highest BCUT2D eigenvalue weighted by Crippen LogP contribution is 2.19. The Bertz CT molecular complexity index is 653. The monoisotopic (exact) mass is 297 g/mol. The summed E-state index contributed by atoms with van der Waals surface area (Å²) in [5.74, 6) is 0.100. The quantitative estimate of drug-likeness (QED) is 0.318. The fraction of sp³-hybridized carbons (Fsp3) is 0.278. The summed E-state index contributed by atoms with van der Waals surface area (Å²) in [6.07, 6.45) is 2.68. The molecule has 0 amide bonds. The Morgan fingerprint density at radius 3 is 2.64 bits per heavy atom. The Hall–Kier alpha value is -2.33. The maximum atomic E-state index is 7.60. The maximum Gasteiger partial charge on any atom is 0.122 e. The lowest BCUT2D eigenvalue weighted by atomic mass is 9.94. The zero-order valence-corrected chi connectivity index (χ0v) is 12.9. The lowest BCUT2D eigenvalue weighted by Crippen LogP contribution is -2.12. The third-order valence-electron chi connectivity index (χ3n) is 3.66. The van der Waals surface area contributed by atoms with Crippen molar-refractivity contribution in [3.63, 3.8) is 0 Å². The van der Waals surface area contributed by atoms with Crippen LogP contribution in [0.15, 0.2) is 42.5 Å². The molecule has 0 saturated carbocycles. The number of anilines is 1. The third kappa shape index (κ3) is 4.33. The molecule has 0 heterocycles. The van der Waals surface area contributed by atoms with Gasteiger partial charge in [0.1, 0.15) is 5.84 Å². The summed E-state index contributed by atoms with van der Waals surface area (Å²) in [5.41, 5.74) is 16.6. The minimum Gasteiger partial charge on any atom is -0.399 e. The number of nitrogen functional groups attached to an aromatic ring is 2. The van der Waals surface area contributed by atoms with Gasteiger partial charge in [-0.1, -0.05) is 24.3 Å². The first kappa shape index (κ1) is 16.0. The summed E-state index contributed by atoms with van der Waals surface area (Å²) >= 11 is 0. The van der Waals surface area contributed by atoms with Gasteiger partial charge in [0.2, 0.25) is 0 Å². The highest BCUT2D eigenvalue weighted by Gasteiger charge is 2.07. The van der Waals surface area contributed by atoms with Crippen molar-refractivity contribution in [3.8, 4) is 0 Å². The standard InChI is InChI=1S/C18H23N3O/c1-22-9-3-5-14-12-16(18(20)21)8-7-15(14)10-13-4-2-6-17(19)11-13/h2,4,6-8,11-12H,3,5,9-10,19H2,1H3,(H3,20,21). The van der Waals surface area contributed by atoms with Crippen molar-refractivity contribution < 1.29 is 4.74 Å². The number of nitrogens with two attached hydrogens (primary N) is 2. The van der Waals surface area contributed by atoms with E-state index in [4.69, 9.17) is 21.6 Å². The summed E-state index contributed by atoms with van der Waals surface area (Å²) in [5, 5.41) is 7.60. The van der Waals surface area contributed by atoms with Gasteiger partial charge < -0.3 is 16.2 Å². The summed E-state index contributed by atoms with van der Waals surface area (Å²) < 4.78 is 5.13. The van der Waals surface area contributed by atoms with Gasteiger partial charge in [-0.2, -0.15) is 0 Å². The largest absolute Gasteiger partial charge is 0.399 e. The van der Waals surface area contributed by atoms with Crippen LogP contribution < -0.4 is 11.5 Å². The minimum absolute atomic E-state index is 0.100. The van der Waals surface area contributed by atoms with Crippen molar-refractivity contribution in [1.29, 1.82) is 5.41 Å². The van der Waals surface area contributed by atoms with Gasteiger partial charge in [0.15, 0.2) is 0 Å². The first-order chi connectivity index (χ1) is 10.6. The van der Waals surface area contributed by atoms with E-state index in [1.165, 1.54) is 16.7 Å². The topological polar surface area (TPSA) is 85.1 Å². The zero-order valence-electron chi connectivity index (χ0n) is 12.9. The molecule has 0 fully saturated rings. The number of hydrogen-bond acceptors (Lipinski definition) is 3. The number of hydrogen-bond donors (Lipinski definition) is 3. The number of aryl methyl sites for hydroxylation is 1. The van der Waals surface area contributed by atoms with Gasteiger partial charge in [-0.15, -0.1) is 0 Å². The molecule has 2 aromatic rings. The fourth-order valence-corrected chi connectivity index (χ4v) is 2.53. The zero-order chi connectivity index (χ0) is 15.9. The van der Waals surface area contributed by atoms with Gasteiger partial charge in [0.25, 0.3) is 0 Å². The van der Waals surface area contributed by atoms with Crippen molar-refractivity contribution in [1.82, 2.24) is 0 Å². The summed E-state index contributed by atoms with van der Waals surface area (Å²) in [6.45, 7) is 0.724. The van der Waals surface area contributed by atoms with E-state index < -0.39 is 0 Å². The molecule has 5 N–H and O–H groups in total. The number of benzene rings is 2. The summed E-state index contributed by atoms with van der Waals surface area (Å²) in [4.78, 5) is 0. The molecule has 0 aliphatic carbocycles. The van der Waals surface area contributed by atoms with Gasteiger partial charge in [0, 0.05) is 25.0 Å². The van der Waals surface area contributed by atoms with E-state index in [0.29, 0.717) is 0 Å². The molecule has 0 unspecified atom stereocenters. The molecule has 0 bridgehead atoms. The Balaban J connectivity index is 2.26. The summed E-state index contributed by atoms with van der Waals surface area (Å²) in [6, 6.07) is 13.9. The molecule has 0 atom stereocenters. The molecule has 0 aliphatic heterocycles. The molecule has 2 rings (SSSR count). The molecule has 22 heavy (non-hydrogen) atoms. The number of amidine groups is 1. The minimum atomic E-state index is 0.100. The van der Waals surface area contributed by atoms with Gasteiger partial charge in [-0.25, -0.2) is 0 Å². The second-order valence-electron chi connectivity index (χ2n) is 5.42. The van der Waals surface area contributed by atoms with Crippen LogP contribution in [0.3, 0.4) is 0 Å². The molecular formula is C18H23N3O. The average Bonchev–Trinajstić information content (AvgIpc) is 2.49. The number of methoxy groups -OCH3 is 1. The van der Waals surface area contributed by atoms with Crippen molar-refractivity contribution in [2.45, 2.75) is 19.3 Å². The molecule has 4 nitrogen and oxygen atoms in total. The van der Waals surface area contributed by atoms with Crippen molar-refractivity contribution in [2.75, 3.05) is 19.5 Å². The average molecular weight is 297 g/mol. The number of nitrogens with one attached hydrogen (secondary N) is 1. The van der Waals surface area contributed by atoms with Crippen LogP contribution in [0, 0.1) is 5.41 Å². The van der Waals surface area contributed by atoms with E-state index in [-0.39, 0.29) is 5.84 Å². The molecule has 116 valence electrons. The Morgan fingerprint density at radius 1 is 1.14 bits per heavy atom. The van der Waals surface area contributed by atoms with Crippen LogP contribution in [0.1, 0.15) is 28.7 Å². The summed E-state index contributed by atoms with van der Waals surface area (Å²) in [7, 11) is 1.71. The highest BCUT2D eigenvalue weighted by molar-refractivity contribution is 5.95. The molecule has 0 aliphatic rings. The van der Waals surface area contributed by atoms with E-state index in [9.17, 15) is 0 Å². The predicted octanol–water partition coefficient (Wildman–Crippen LogP) is 2.72. The second kappa shape index (κ2) is 7.61. The van der Waals surface area contributed by atoms with E-state index in [1.807, 2.05) is 30.3 Å². The first-order valence-electron chi connectivity index (χ1n) is 7.39. The third-order valence-corrected chi connectivity index (χ3v) is 3.66. The van der Waals surface area contributed by atoms with Crippen molar-refractivity contribution >= 4 is 11.5 Å². The van der Waals surface area contributed by atoms with E-state index in [1.54, 1.807) is 7.11 Å². The van der Waals surface area contributed by atoms with Crippen LogP contribution in [0.2, 0.25) is 0 Å². The van der Waals surface area contributed by atoms with Gasteiger partial charge in [0.05, 0.1) is 0 Å². The predicted molar refractivity (Wildman–Crippen MR) is 91.3 cm³/mol. The van der Waals surface area contributed by atoms with Crippen LogP contribution in [0.5, 0.6) is 0 Å². The van der Waals surface area contributed by atoms with E-state index in [0.717, 1.165) is 37.1 Å². The fourth-order valence-electron chi connectivity index (χ4n) is 2.53. The van der Waals surface area contributed by atoms with Crippen molar-refractivity contribution in [2.24, 2.45) is 5.73 Å². The SMILES string of the molecule is COCCCc1cc(C(=N)N)ccc1Cc1cccc(N)c1. The number of ether oxygens (including phenoxy) is 1. The van der Waals surface area contributed by atoms with Crippen LogP contribution >= 0.6 is 0 Å². The second-order valence-corrected chi connectivity index (χ2v) is 5.42. The number of rotatable bonds is 7. The highest BCUT2D eigenvalue weighted by atomic mass is 16.5. The molecule has 0 radical (unpaired) electrons. The Labute approximate surface area is 131 Å². The van der Waals surface area contributed by atoms with E-state index in [2.05, 4.69) is 12.1 Å². The van der Waals surface area contributed by atoms with Gasteiger partial charge in [-0.05, 0) is 54.2 Å². The molecule has 4 heteroatoms. The Morgan fingerprint density at radius 2 is 1.95 bits per heavy atom. The normalized spacial score (nSPS) is 10.6. The lowest BCUT2D eigenvalue weighted by molar-refractivity contribution is 0.195. The molecule has 0 aromatic heterocycles. The maximum absolute atomic E-state index is 7.60. The van der Waals surface area contributed by atoms with Gasteiger partial charge >= 0.3 is 0 Å². The van der Waals surface area contributed by atoms with Crippen LogP contribution in [0.25, 0.3) is 0 Å². The van der Waals surface area contributed by atoms with Crippen LogP contribution in [0.4, 0.5) is 5.69 Å². The molecular weight excluding hydrogens is 274 g/mol. The first-order valence-corrected chi connectivity index (χ1v) is 7.39. The molecule has 0 spiro atoms. The smallest absolute Gasteiger partial charge is 0.122 e. The van der Waals surface area contributed by atoms with Crippen LogP contribution in [-0.2, 0) is 17.6 Å². The molecule has 0 saturated heterocycles. The Kier molecular flexibility index (Phi) is 5.55. The van der Waals surface area contributed by atoms with E-state index >= 15 is 0 Å². The van der Waals surface area contributed by atoms with Gasteiger partial charge in [-0.3, -0.25) is 5.41 Å². The van der Waals surface area contributed by atoms with Crippen LogP contribution in [-0.4, -0.2) is 19.6 Å².